The number of thiocarbonyl (C=S) groups is 1. The maximum atomic E-state index is 11.8. The van der Waals surface area contributed by atoms with Gasteiger partial charge >= 0.3 is 0 Å². The van der Waals surface area contributed by atoms with E-state index < -0.39 is 0 Å². The Labute approximate surface area is 170 Å². The summed E-state index contributed by atoms with van der Waals surface area (Å²) in [5, 5.41) is 3.68. The largest absolute Gasteiger partial charge is 0.493 e. The first-order valence-corrected chi connectivity index (χ1v) is 9.44. The number of benzene rings is 2. The number of ether oxygens (including phenoxy) is 2. The van der Waals surface area contributed by atoms with Gasteiger partial charge in [-0.1, -0.05) is 59.3 Å². The molecule has 2 aromatic carbocycles. The average molecular weight is 426 g/mol. The molecule has 0 unspecified atom stereocenters. The number of carbonyl (C=O) groups excluding carboxylic acids is 1. The molecule has 1 aliphatic rings. The highest BCUT2D eigenvalue weighted by Gasteiger charge is 2.22. The minimum Gasteiger partial charge on any atom is -0.493 e. The molecule has 0 aromatic heterocycles. The lowest BCUT2D eigenvalue weighted by Crippen LogP contribution is -2.17. The van der Waals surface area contributed by atoms with Gasteiger partial charge in [-0.25, -0.2) is 0 Å². The second kappa shape index (κ2) is 8.31. The van der Waals surface area contributed by atoms with Gasteiger partial charge < -0.3 is 14.8 Å². The van der Waals surface area contributed by atoms with Crippen molar-refractivity contribution < 1.29 is 14.3 Å². The fraction of sp³-hybridized carbons (Fsp3) is 0.111. The molecule has 0 radical (unpaired) electrons. The Morgan fingerprint density at radius 3 is 2.65 bits per heavy atom. The van der Waals surface area contributed by atoms with Gasteiger partial charge in [-0.2, -0.15) is 0 Å². The normalized spacial score (nSPS) is 15.3. The molecule has 1 amide bonds. The summed E-state index contributed by atoms with van der Waals surface area (Å²) < 4.78 is 11.7. The Kier molecular flexibility index (Phi) is 6.09. The molecule has 0 spiro atoms. The van der Waals surface area contributed by atoms with Gasteiger partial charge in [0.05, 0.1) is 12.0 Å². The summed E-state index contributed by atoms with van der Waals surface area (Å²) >= 11 is 18.3. The highest BCUT2D eigenvalue weighted by Crippen LogP contribution is 2.32. The van der Waals surface area contributed by atoms with Crippen LogP contribution in [-0.4, -0.2) is 17.3 Å². The zero-order chi connectivity index (χ0) is 18.7. The van der Waals surface area contributed by atoms with E-state index in [4.69, 9.17) is 44.9 Å². The van der Waals surface area contributed by atoms with E-state index in [1.165, 1.54) is 11.8 Å². The van der Waals surface area contributed by atoms with Crippen LogP contribution in [0.1, 0.15) is 11.1 Å². The van der Waals surface area contributed by atoms with Crippen molar-refractivity contribution in [1.82, 2.24) is 5.32 Å². The number of hydrogen-bond acceptors (Lipinski definition) is 5. The molecule has 1 aliphatic heterocycles. The molecule has 8 heteroatoms. The molecule has 134 valence electrons. The zero-order valence-electron chi connectivity index (χ0n) is 13.5. The summed E-state index contributed by atoms with van der Waals surface area (Å²) in [7, 11) is 1.56. The van der Waals surface area contributed by atoms with Crippen LogP contribution in [0.2, 0.25) is 10.0 Å². The zero-order valence-corrected chi connectivity index (χ0v) is 16.7. The first kappa shape index (κ1) is 19.0. The van der Waals surface area contributed by atoms with Crippen LogP contribution < -0.4 is 14.8 Å². The van der Waals surface area contributed by atoms with Gasteiger partial charge in [0.25, 0.3) is 5.91 Å². The first-order valence-electron chi connectivity index (χ1n) is 7.46. The van der Waals surface area contributed by atoms with Crippen LogP contribution in [0, 0.1) is 0 Å². The number of nitrogens with one attached hydrogen (secondary N) is 1. The number of carbonyl (C=O) groups is 1. The molecule has 0 saturated carbocycles. The molecular formula is C18H13Cl2NO3S2. The van der Waals surface area contributed by atoms with Crippen molar-refractivity contribution in [3.63, 3.8) is 0 Å². The lowest BCUT2D eigenvalue weighted by Gasteiger charge is -2.12. The monoisotopic (exact) mass is 425 g/mol. The predicted molar refractivity (Wildman–Crippen MR) is 110 cm³/mol. The topological polar surface area (TPSA) is 47.6 Å². The molecule has 0 atom stereocenters. The summed E-state index contributed by atoms with van der Waals surface area (Å²) in [4.78, 5) is 12.3. The van der Waals surface area contributed by atoms with E-state index in [2.05, 4.69) is 5.32 Å². The third-order valence-corrected chi connectivity index (χ3v) is 5.28. The van der Waals surface area contributed by atoms with Crippen molar-refractivity contribution >= 4 is 63.5 Å². The minimum absolute atomic E-state index is 0.203. The van der Waals surface area contributed by atoms with Crippen LogP contribution >= 0.6 is 47.2 Å². The SMILES string of the molecule is COc1ccc(/C=C2\SC(=S)NC2=O)cc1OCc1ccc(Cl)cc1Cl. The summed E-state index contributed by atoms with van der Waals surface area (Å²) in [5.74, 6) is 0.918. The number of thioether (sulfide) groups is 1. The van der Waals surface area contributed by atoms with Gasteiger partial charge in [0.2, 0.25) is 0 Å². The highest BCUT2D eigenvalue weighted by molar-refractivity contribution is 8.26. The number of amides is 1. The lowest BCUT2D eigenvalue weighted by atomic mass is 10.2. The Morgan fingerprint density at radius 1 is 1.19 bits per heavy atom. The standard InChI is InChI=1S/C18H13Cl2NO3S2/c1-23-14-5-2-10(7-16-17(22)21-18(25)26-16)6-15(14)24-9-11-3-4-12(19)8-13(11)20/h2-8H,9H2,1H3,(H,21,22,25)/b16-7-. The van der Waals surface area contributed by atoms with Crippen LogP contribution in [0.15, 0.2) is 41.3 Å². The third kappa shape index (κ3) is 4.51. The number of halogens is 2. The molecule has 1 N–H and O–H groups in total. The van der Waals surface area contributed by atoms with Crippen LogP contribution in [0.5, 0.6) is 11.5 Å². The summed E-state index contributed by atoms with van der Waals surface area (Å²) in [5.41, 5.74) is 1.60. The fourth-order valence-corrected chi connectivity index (χ4v) is 3.77. The average Bonchev–Trinajstić information content (AvgIpc) is 2.91. The van der Waals surface area contributed by atoms with Crippen LogP contribution in [0.25, 0.3) is 6.08 Å². The number of methoxy groups -OCH3 is 1. The number of hydrogen-bond donors (Lipinski definition) is 1. The van der Waals surface area contributed by atoms with Crippen molar-refractivity contribution in [2.45, 2.75) is 6.61 Å². The molecule has 1 saturated heterocycles. The van der Waals surface area contributed by atoms with Crippen molar-refractivity contribution in [1.29, 1.82) is 0 Å². The Morgan fingerprint density at radius 2 is 2.00 bits per heavy atom. The van der Waals surface area contributed by atoms with Crippen LogP contribution in [0.3, 0.4) is 0 Å². The molecular weight excluding hydrogens is 413 g/mol. The van der Waals surface area contributed by atoms with E-state index in [-0.39, 0.29) is 12.5 Å². The van der Waals surface area contributed by atoms with Gasteiger partial charge in [0, 0.05) is 15.6 Å². The molecule has 2 aromatic rings. The second-order valence-corrected chi connectivity index (χ2v) is 7.85. The van der Waals surface area contributed by atoms with Gasteiger partial charge in [-0.05, 0) is 35.9 Å². The van der Waals surface area contributed by atoms with Gasteiger partial charge in [0.15, 0.2) is 11.5 Å². The molecule has 26 heavy (non-hydrogen) atoms. The van der Waals surface area contributed by atoms with E-state index >= 15 is 0 Å². The third-order valence-electron chi connectivity index (χ3n) is 3.53. The van der Waals surface area contributed by atoms with E-state index in [9.17, 15) is 4.79 Å². The summed E-state index contributed by atoms with van der Waals surface area (Å²) in [6, 6.07) is 10.6. The van der Waals surface area contributed by atoms with Crippen LogP contribution in [0.4, 0.5) is 0 Å². The molecule has 1 fully saturated rings. The fourth-order valence-electron chi connectivity index (χ4n) is 2.26. The maximum absolute atomic E-state index is 11.8. The Balaban J connectivity index is 1.83. The van der Waals surface area contributed by atoms with E-state index in [0.717, 1.165) is 11.1 Å². The van der Waals surface area contributed by atoms with Crippen molar-refractivity contribution in [3.8, 4) is 11.5 Å². The van der Waals surface area contributed by atoms with E-state index in [1.54, 1.807) is 37.5 Å². The van der Waals surface area contributed by atoms with Gasteiger partial charge in [0.1, 0.15) is 10.9 Å². The van der Waals surface area contributed by atoms with Crippen molar-refractivity contribution in [2.75, 3.05) is 7.11 Å². The predicted octanol–water partition coefficient (Wildman–Crippen LogP) is 5.07. The molecule has 1 heterocycles. The van der Waals surface area contributed by atoms with Crippen LogP contribution in [-0.2, 0) is 11.4 Å². The van der Waals surface area contributed by atoms with Gasteiger partial charge in [-0.15, -0.1) is 0 Å². The van der Waals surface area contributed by atoms with E-state index in [0.29, 0.717) is 30.8 Å². The quantitative estimate of drug-likeness (QED) is 0.535. The Bertz CT molecular complexity index is 915. The lowest BCUT2D eigenvalue weighted by molar-refractivity contribution is -0.115. The first-order chi connectivity index (χ1) is 12.5. The molecule has 4 nitrogen and oxygen atoms in total. The van der Waals surface area contributed by atoms with Gasteiger partial charge in [-0.3, -0.25) is 4.79 Å². The highest BCUT2D eigenvalue weighted by atomic mass is 35.5. The summed E-state index contributed by atoms with van der Waals surface area (Å²) in [6.07, 6.45) is 1.75. The second-order valence-electron chi connectivity index (χ2n) is 5.29. The van der Waals surface area contributed by atoms with E-state index in [1.807, 2.05) is 12.1 Å². The molecule has 0 aliphatic carbocycles. The van der Waals surface area contributed by atoms with Crippen molar-refractivity contribution in [3.05, 3.63) is 62.5 Å². The van der Waals surface area contributed by atoms with Crippen molar-refractivity contribution in [2.24, 2.45) is 0 Å². The smallest absolute Gasteiger partial charge is 0.263 e. The minimum atomic E-state index is -0.203. The number of rotatable bonds is 5. The Hall–Kier alpha value is -1.73. The summed E-state index contributed by atoms with van der Waals surface area (Å²) in [6.45, 7) is 0.256. The molecule has 3 rings (SSSR count). The maximum Gasteiger partial charge on any atom is 0.263 e. The molecule has 0 bridgehead atoms.